The van der Waals surface area contributed by atoms with Gasteiger partial charge in [0.15, 0.2) is 0 Å². The summed E-state index contributed by atoms with van der Waals surface area (Å²) in [6.07, 6.45) is 4.95. The van der Waals surface area contributed by atoms with Crippen LogP contribution in [0.25, 0.3) is 0 Å². The molecule has 0 aromatic carbocycles. The predicted octanol–water partition coefficient (Wildman–Crippen LogP) is 2.14. The lowest BCUT2D eigenvalue weighted by molar-refractivity contribution is 0.0950. The summed E-state index contributed by atoms with van der Waals surface area (Å²) in [6, 6.07) is 5.18. The Hall–Kier alpha value is -2.30. The lowest BCUT2D eigenvalue weighted by atomic mass is 10.1. The van der Waals surface area contributed by atoms with Crippen molar-refractivity contribution >= 4 is 11.7 Å². The summed E-state index contributed by atoms with van der Waals surface area (Å²) in [4.78, 5) is 16.2. The Balaban J connectivity index is 2.05. The van der Waals surface area contributed by atoms with E-state index in [4.69, 9.17) is 10.2 Å². The van der Waals surface area contributed by atoms with E-state index in [1.165, 1.54) is 0 Å². The monoisotopic (exact) mass is 259 g/mol. The number of nitrogens with zero attached hydrogens (tertiary/aromatic N) is 1. The van der Waals surface area contributed by atoms with Gasteiger partial charge >= 0.3 is 0 Å². The van der Waals surface area contributed by atoms with Crippen molar-refractivity contribution in [2.45, 2.75) is 26.3 Å². The van der Waals surface area contributed by atoms with E-state index in [2.05, 4.69) is 17.2 Å². The molecule has 19 heavy (non-hydrogen) atoms. The molecule has 0 unspecified atom stereocenters. The number of furan rings is 1. The molecule has 0 aliphatic rings. The highest BCUT2D eigenvalue weighted by Crippen LogP contribution is 2.10. The highest BCUT2D eigenvalue weighted by Gasteiger charge is 2.08. The lowest BCUT2D eigenvalue weighted by Gasteiger charge is -2.07. The third-order valence-electron chi connectivity index (χ3n) is 2.70. The summed E-state index contributed by atoms with van der Waals surface area (Å²) < 4.78 is 4.94. The fraction of sp³-hybridized carbons (Fsp3) is 0.286. The number of carbonyl (C=O) groups excluding carboxylic acids is 1. The van der Waals surface area contributed by atoms with Gasteiger partial charge in [0.05, 0.1) is 12.5 Å². The molecule has 2 aromatic rings. The maximum absolute atomic E-state index is 12.0. The molecule has 0 radical (unpaired) electrons. The van der Waals surface area contributed by atoms with Crippen LogP contribution in [0, 0.1) is 0 Å². The number of rotatable bonds is 5. The highest BCUT2D eigenvalue weighted by atomic mass is 16.3. The molecular weight excluding hydrogens is 242 g/mol. The topological polar surface area (TPSA) is 81.2 Å². The van der Waals surface area contributed by atoms with E-state index >= 15 is 0 Å². The van der Waals surface area contributed by atoms with Crippen LogP contribution >= 0.6 is 0 Å². The average molecular weight is 259 g/mol. The molecule has 0 atom stereocenters. The first-order valence-electron chi connectivity index (χ1n) is 6.24. The number of nitrogen functional groups attached to an aromatic ring is 1. The minimum atomic E-state index is -0.160. The van der Waals surface area contributed by atoms with Crippen molar-refractivity contribution in [3.63, 3.8) is 0 Å². The van der Waals surface area contributed by atoms with E-state index in [1.807, 2.05) is 6.07 Å². The number of anilines is 1. The van der Waals surface area contributed by atoms with Crippen molar-refractivity contribution in [1.82, 2.24) is 10.3 Å². The molecule has 0 bridgehead atoms. The maximum Gasteiger partial charge on any atom is 0.251 e. The van der Waals surface area contributed by atoms with Crippen molar-refractivity contribution in [1.29, 1.82) is 0 Å². The first-order chi connectivity index (χ1) is 9.19. The number of aryl methyl sites for hydroxylation is 1. The van der Waals surface area contributed by atoms with Crippen LogP contribution in [-0.4, -0.2) is 10.9 Å². The molecule has 0 aliphatic heterocycles. The van der Waals surface area contributed by atoms with Crippen molar-refractivity contribution in [2.75, 3.05) is 5.73 Å². The van der Waals surface area contributed by atoms with Crippen LogP contribution in [0.1, 0.15) is 35.0 Å². The zero-order valence-corrected chi connectivity index (χ0v) is 10.8. The maximum atomic E-state index is 12.0. The van der Waals surface area contributed by atoms with E-state index in [9.17, 15) is 4.79 Å². The van der Waals surface area contributed by atoms with Crippen LogP contribution in [0.5, 0.6) is 0 Å². The molecule has 0 aliphatic carbocycles. The summed E-state index contributed by atoms with van der Waals surface area (Å²) in [5, 5.41) is 2.82. The Morgan fingerprint density at radius 1 is 1.47 bits per heavy atom. The number of nitrogens with two attached hydrogens (primary N) is 1. The second-order valence-corrected chi connectivity index (χ2v) is 4.34. The zero-order chi connectivity index (χ0) is 13.7. The normalized spacial score (nSPS) is 10.4. The first-order valence-corrected chi connectivity index (χ1v) is 6.24. The Labute approximate surface area is 111 Å². The van der Waals surface area contributed by atoms with E-state index in [-0.39, 0.29) is 5.91 Å². The van der Waals surface area contributed by atoms with Gasteiger partial charge in [-0.25, -0.2) is 4.98 Å². The van der Waals surface area contributed by atoms with Gasteiger partial charge in [-0.3, -0.25) is 4.79 Å². The number of amides is 1. The minimum absolute atomic E-state index is 0.160. The summed E-state index contributed by atoms with van der Waals surface area (Å²) >= 11 is 0. The Bertz CT molecular complexity index is 550. The zero-order valence-electron chi connectivity index (χ0n) is 10.8. The lowest BCUT2D eigenvalue weighted by Crippen LogP contribution is -2.23. The molecule has 2 heterocycles. The first kappa shape index (κ1) is 13.1. The third kappa shape index (κ3) is 3.58. The van der Waals surface area contributed by atoms with Gasteiger partial charge in [0.2, 0.25) is 0 Å². The van der Waals surface area contributed by atoms with Crippen molar-refractivity contribution in [2.24, 2.45) is 0 Å². The van der Waals surface area contributed by atoms with Crippen molar-refractivity contribution < 1.29 is 9.21 Å². The van der Waals surface area contributed by atoms with Crippen molar-refractivity contribution in [3.05, 3.63) is 47.5 Å². The molecule has 5 heteroatoms. The summed E-state index contributed by atoms with van der Waals surface area (Å²) in [7, 11) is 0. The van der Waals surface area contributed by atoms with E-state index < -0.39 is 0 Å². The quantitative estimate of drug-likeness (QED) is 0.862. The van der Waals surface area contributed by atoms with E-state index in [0.29, 0.717) is 17.9 Å². The molecule has 1 amide bonds. The third-order valence-corrected chi connectivity index (χ3v) is 2.70. The smallest absolute Gasteiger partial charge is 0.251 e. The average Bonchev–Trinajstić information content (AvgIpc) is 2.88. The highest BCUT2D eigenvalue weighted by molar-refractivity contribution is 5.94. The summed E-state index contributed by atoms with van der Waals surface area (Å²) in [5.41, 5.74) is 8.02. The SMILES string of the molecule is CCCc1cc(C(=O)NCc2ccoc2)cc(N)n1. The molecule has 0 fully saturated rings. The number of nitrogens with one attached hydrogen (secondary N) is 1. The van der Waals surface area contributed by atoms with Gasteiger partial charge in [-0.05, 0) is 24.6 Å². The molecule has 0 saturated carbocycles. The fourth-order valence-electron chi connectivity index (χ4n) is 1.80. The number of carbonyl (C=O) groups is 1. The second kappa shape index (κ2) is 6.04. The van der Waals surface area contributed by atoms with Gasteiger partial charge in [0.25, 0.3) is 5.91 Å². The van der Waals surface area contributed by atoms with Crippen LogP contribution in [-0.2, 0) is 13.0 Å². The Morgan fingerprint density at radius 3 is 3.00 bits per heavy atom. The summed E-state index contributed by atoms with van der Waals surface area (Å²) in [5.74, 6) is 0.215. The van der Waals surface area contributed by atoms with E-state index in [1.54, 1.807) is 24.7 Å². The molecule has 5 nitrogen and oxygen atoms in total. The molecule has 2 aromatic heterocycles. The number of hydrogen-bond acceptors (Lipinski definition) is 4. The number of aromatic nitrogens is 1. The van der Waals surface area contributed by atoms with E-state index in [0.717, 1.165) is 24.1 Å². The molecule has 0 spiro atoms. The second-order valence-electron chi connectivity index (χ2n) is 4.34. The Morgan fingerprint density at radius 2 is 2.32 bits per heavy atom. The van der Waals surface area contributed by atoms with Gasteiger partial charge in [-0.2, -0.15) is 0 Å². The standard InChI is InChI=1S/C14H17N3O2/c1-2-3-12-6-11(7-13(15)17-12)14(18)16-8-10-4-5-19-9-10/h4-7,9H,2-3,8H2,1H3,(H2,15,17)(H,16,18). The van der Waals surface area contributed by atoms with Crippen LogP contribution in [0.3, 0.4) is 0 Å². The van der Waals surface area contributed by atoms with Crippen LogP contribution < -0.4 is 11.1 Å². The largest absolute Gasteiger partial charge is 0.472 e. The molecule has 3 N–H and O–H groups in total. The van der Waals surface area contributed by atoms with Crippen LogP contribution in [0.4, 0.5) is 5.82 Å². The molecule has 0 saturated heterocycles. The fourth-order valence-corrected chi connectivity index (χ4v) is 1.80. The van der Waals surface area contributed by atoms with Gasteiger partial charge < -0.3 is 15.5 Å². The van der Waals surface area contributed by atoms with Gasteiger partial charge in [-0.15, -0.1) is 0 Å². The number of hydrogen-bond donors (Lipinski definition) is 2. The molecule has 2 rings (SSSR count). The molecular formula is C14H17N3O2. The Kier molecular flexibility index (Phi) is 4.18. The predicted molar refractivity (Wildman–Crippen MR) is 72.5 cm³/mol. The van der Waals surface area contributed by atoms with Gasteiger partial charge in [0.1, 0.15) is 5.82 Å². The summed E-state index contributed by atoms with van der Waals surface area (Å²) in [6.45, 7) is 2.49. The van der Waals surface area contributed by atoms with Gasteiger partial charge in [-0.1, -0.05) is 13.3 Å². The molecule has 100 valence electrons. The number of pyridine rings is 1. The minimum Gasteiger partial charge on any atom is -0.472 e. The van der Waals surface area contributed by atoms with Crippen LogP contribution in [0.2, 0.25) is 0 Å². The van der Waals surface area contributed by atoms with Crippen LogP contribution in [0.15, 0.2) is 35.1 Å². The van der Waals surface area contributed by atoms with Gasteiger partial charge in [0, 0.05) is 23.4 Å². The van der Waals surface area contributed by atoms with Crippen molar-refractivity contribution in [3.8, 4) is 0 Å².